The van der Waals surface area contributed by atoms with Gasteiger partial charge in [-0.3, -0.25) is 4.68 Å². The van der Waals surface area contributed by atoms with Crippen molar-refractivity contribution >= 4 is 0 Å². The average Bonchev–Trinajstić information content (AvgIpc) is 3.12. The van der Waals surface area contributed by atoms with E-state index in [1.54, 1.807) is 0 Å². The smallest absolute Gasteiger partial charge is 0.0685 e. The molecule has 1 aromatic carbocycles. The van der Waals surface area contributed by atoms with Crippen LogP contribution in [-0.2, 0) is 13.1 Å². The van der Waals surface area contributed by atoms with Gasteiger partial charge < -0.3 is 5.32 Å². The summed E-state index contributed by atoms with van der Waals surface area (Å²) in [6.45, 7) is 6.14. The van der Waals surface area contributed by atoms with Crippen LogP contribution in [-0.4, -0.2) is 15.8 Å². The third kappa shape index (κ3) is 2.71. The van der Waals surface area contributed by atoms with E-state index in [9.17, 15) is 0 Å². The molecule has 1 heterocycles. The Balaban J connectivity index is 1.94. The highest BCUT2D eigenvalue weighted by Gasteiger charge is 2.20. The van der Waals surface area contributed by atoms with Crippen LogP contribution in [0.25, 0.3) is 11.3 Å². The zero-order valence-electron chi connectivity index (χ0n) is 11.7. The molecular formula is C16H21N3. The first-order valence-electron chi connectivity index (χ1n) is 7.13. The van der Waals surface area contributed by atoms with Crippen LogP contribution in [0, 0.1) is 6.92 Å². The molecule has 2 aromatic rings. The molecule has 0 aliphatic heterocycles. The molecular weight excluding hydrogens is 234 g/mol. The summed E-state index contributed by atoms with van der Waals surface area (Å²) in [5.74, 6) is 0. The molecule has 1 aliphatic carbocycles. The number of hydrogen-bond acceptors (Lipinski definition) is 2. The lowest BCUT2D eigenvalue weighted by Crippen LogP contribution is -2.16. The van der Waals surface area contributed by atoms with Gasteiger partial charge >= 0.3 is 0 Å². The SMILES string of the molecule is CCn1nccc1-c1cc(C)ccc1CNC1CC1. The summed E-state index contributed by atoms with van der Waals surface area (Å²) < 4.78 is 2.06. The minimum atomic E-state index is 0.741. The Morgan fingerprint density at radius 3 is 2.89 bits per heavy atom. The Morgan fingerprint density at radius 2 is 2.16 bits per heavy atom. The predicted molar refractivity (Wildman–Crippen MR) is 77.9 cm³/mol. The summed E-state index contributed by atoms with van der Waals surface area (Å²) in [7, 11) is 0. The van der Waals surface area contributed by atoms with Crippen molar-refractivity contribution in [2.45, 2.75) is 45.8 Å². The van der Waals surface area contributed by atoms with Gasteiger partial charge in [0, 0.05) is 30.9 Å². The van der Waals surface area contributed by atoms with Crippen molar-refractivity contribution in [3.63, 3.8) is 0 Å². The quantitative estimate of drug-likeness (QED) is 0.889. The van der Waals surface area contributed by atoms with Gasteiger partial charge in [-0.05, 0) is 44.4 Å². The van der Waals surface area contributed by atoms with Crippen molar-refractivity contribution in [2.75, 3.05) is 0 Å². The van der Waals surface area contributed by atoms with E-state index in [0.717, 1.165) is 19.1 Å². The lowest BCUT2D eigenvalue weighted by Gasteiger charge is -2.13. The van der Waals surface area contributed by atoms with Crippen LogP contribution in [0.15, 0.2) is 30.5 Å². The molecule has 0 radical (unpaired) electrons. The molecule has 0 amide bonds. The highest BCUT2D eigenvalue weighted by atomic mass is 15.3. The molecule has 1 saturated carbocycles. The van der Waals surface area contributed by atoms with Gasteiger partial charge in [0.25, 0.3) is 0 Å². The molecule has 0 spiro atoms. The maximum absolute atomic E-state index is 4.39. The topological polar surface area (TPSA) is 29.9 Å². The van der Waals surface area contributed by atoms with Gasteiger partial charge in [-0.2, -0.15) is 5.10 Å². The second-order valence-electron chi connectivity index (χ2n) is 5.35. The zero-order chi connectivity index (χ0) is 13.2. The van der Waals surface area contributed by atoms with E-state index in [2.05, 4.69) is 53.2 Å². The summed E-state index contributed by atoms with van der Waals surface area (Å²) in [6, 6.07) is 9.56. The molecule has 19 heavy (non-hydrogen) atoms. The molecule has 1 fully saturated rings. The summed E-state index contributed by atoms with van der Waals surface area (Å²) in [6.07, 6.45) is 4.54. The first kappa shape index (κ1) is 12.4. The molecule has 100 valence electrons. The lowest BCUT2D eigenvalue weighted by molar-refractivity contribution is 0.662. The maximum Gasteiger partial charge on any atom is 0.0685 e. The van der Waals surface area contributed by atoms with Crippen LogP contribution < -0.4 is 5.32 Å². The van der Waals surface area contributed by atoms with Crippen molar-refractivity contribution < 1.29 is 0 Å². The van der Waals surface area contributed by atoms with Gasteiger partial charge in [0.15, 0.2) is 0 Å². The fraction of sp³-hybridized carbons (Fsp3) is 0.438. The fourth-order valence-electron chi connectivity index (χ4n) is 2.44. The van der Waals surface area contributed by atoms with Crippen LogP contribution in [0.3, 0.4) is 0 Å². The van der Waals surface area contributed by atoms with Gasteiger partial charge in [0.05, 0.1) is 5.69 Å². The van der Waals surface area contributed by atoms with Crippen molar-refractivity contribution in [3.05, 3.63) is 41.6 Å². The number of nitrogens with zero attached hydrogens (tertiary/aromatic N) is 2. The second kappa shape index (κ2) is 5.17. The van der Waals surface area contributed by atoms with Crippen LogP contribution in [0.1, 0.15) is 30.9 Å². The van der Waals surface area contributed by atoms with Crippen molar-refractivity contribution in [3.8, 4) is 11.3 Å². The number of nitrogens with one attached hydrogen (secondary N) is 1. The molecule has 0 atom stereocenters. The Morgan fingerprint density at radius 1 is 1.32 bits per heavy atom. The van der Waals surface area contributed by atoms with Crippen molar-refractivity contribution in [1.29, 1.82) is 0 Å². The van der Waals surface area contributed by atoms with Gasteiger partial charge in [-0.25, -0.2) is 0 Å². The highest BCUT2D eigenvalue weighted by Crippen LogP contribution is 2.26. The van der Waals surface area contributed by atoms with E-state index in [1.807, 2.05) is 6.20 Å². The molecule has 0 bridgehead atoms. The number of hydrogen-bond donors (Lipinski definition) is 1. The Hall–Kier alpha value is -1.61. The highest BCUT2D eigenvalue weighted by molar-refractivity contribution is 5.65. The molecule has 3 rings (SSSR count). The van der Waals surface area contributed by atoms with Crippen molar-refractivity contribution in [1.82, 2.24) is 15.1 Å². The molecule has 3 heteroatoms. The molecule has 3 nitrogen and oxygen atoms in total. The third-order valence-corrected chi connectivity index (χ3v) is 3.72. The molecule has 1 N–H and O–H groups in total. The van der Waals surface area contributed by atoms with E-state index in [4.69, 9.17) is 0 Å². The first-order valence-corrected chi connectivity index (χ1v) is 7.13. The zero-order valence-corrected chi connectivity index (χ0v) is 11.7. The monoisotopic (exact) mass is 255 g/mol. The Kier molecular flexibility index (Phi) is 3.38. The van der Waals surface area contributed by atoms with Gasteiger partial charge in [-0.15, -0.1) is 0 Å². The van der Waals surface area contributed by atoms with E-state index in [0.29, 0.717) is 0 Å². The maximum atomic E-state index is 4.39. The standard InChI is InChI=1S/C16H21N3/c1-3-19-16(8-9-18-19)15-10-12(2)4-5-13(15)11-17-14-6-7-14/h4-5,8-10,14,17H,3,6-7,11H2,1-2H3. The number of benzene rings is 1. The lowest BCUT2D eigenvalue weighted by atomic mass is 10.0. The van der Waals surface area contributed by atoms with Crippen LogP contribution in [0.2, 0.25) is 0 Å². The number of rotatable bonds is 5. The van der Waals surface area contributed by atoms with E-state index in [1.165, 1.54) is 35.2 Å². The largest absolute Gasteiger partial charge is 0.310 e. The van der Waals surface area contributed by atoms with E-state index < -0.39 is 0 Å². The summed E-state index contributed by atoms with van der Waals surface area (Å²) >= 11 is 0. The van der Waals surface area contributed by atoms with Gasteiger partial charge in [0.1, 0.15) is 0 Å². The predicted octanol–water partition coefficient (Wildman–Crippen LogP) is 3.13. The molecule has 1 aromatic heterocycles. The Bertz CT molecular complexity index is 567. The molecule has 0 unspecified atom stereocenters. The van der Waals surface area contributed by atoms with Gasteiger partial charge in [0.2, 0.25) is 0 Å². The van der Waals surface area contributed by atoms with E-state index in [-0.39, 0.29) is 0 Å². The van der Waals surface area contributed by atoms with E-state index >= 15 is 0 Å². The van der Waals surface area contributed by atoms with Crippen LogP contribution in [0.4, 0.5) is 0 Å². The minimum Gasteiger partial charge on any atom is -0.310 e. The minimum absolute atomic E-state index is 0.741. The number of aromatic nitrogens is 2. The summed E-state index contributed by atoms with van der Waals surface area (Å²) in [4.78, 5) is 0. The van der Waals surface area contributed by atoms with Crippen LogP contribution >= 0.6 is 0 Å². The number of aryl methyl sites for hydroxylation is 2. The average molecular weight is 255 g/mol. The molecule has 0 saturated heterocycles. The summed E-state index contributed by atoms with van der Waals surface area (Å²) in [5, 5.41) is 7.99. The Labute approximate surface area is 114 Å². The normalized spacial score (nSPS) is 14.8. The fourth-order valence-corrected chi connectivity index (χ4v) is 2.44. The first-order chi connectivity index (χ1) is 9.28. The third-order valence-electron chi connectivity index (χ3n) is 3.72. The second-order valence-corrected chi connectivity index (χ2v) is 5.35. The molecule has 1 aliphatic rings. The summed E-state index contributed by atoms with van der Waals surface area (Å²) in [5.41, 5.74) is 5.20. The van der Waals surface area contributed by atoms with Crippen molar-refractivity contribution in [2.24, 2.45) is 0 Å². The van der Waals surface area contributed by atoms with Gasteiger partial charge in [-0.1, -0.05) is 17.7 Å². The van der Waals surface area contributed by atoms with Crippen LogP contribution in [0.5, 0.6) is 0 Å².